The summed E-state index contributed by atoms with van der Waals surface area (Å²) in [5.74, 6) is -0.630. The van der Waals surface area contributed by atoms with Crippen LogP contribution in [-0.2, 0) is 9.59 Å². The minimum absolute atomic E-state index is 0.00517. The summed E-state index contributed by atoms with van der Waals surface area (Å²) in [5, 5.41) is 19.0. The number of benzene rings is 1. The lowest BCUT2D eigenvalue weighted by Gasteiger charge is -2.10. The minimum atomic E-state index is -0.462. The molecule has 112 valence electrons. The largest absolute Gasteiger partial charge is 0.378 e. The van der Waals surface area contributed by atoms with Gasteiger partial charge in [-0.2, -0.15) is 0 Å². The van der Waals surface area contributed by atoms with E-state index in [0.29, 0.717) is 25.3 Å². The summed E-state index contributed by atoms with van der Waals surface area (Å²) in [6, 6.07) is 6.31. The van der Waals surface area contributed by atoms with Crippen LogP contribution in [0, 0.1) is 16.0 Å². The normalized spacial score (nSPS) is 17.1. The van der Waals surface area contributed by atoms with E-state index in [4.69, 9.17) is 0 Å². The van der Waals surface area contributed by atoms with Crippen LogP contribution < -0.4 is 16.0 Å². The number of nitro groups is 1. The van der Waals surface area contributed by atoms with Gasteiger partial charge in [0.15, 0.2) is 0 Å². The van der Waals surface area contributed by atoms with Crippen molar-refractivity contribution in [3.05, 3.63) is 34.4 Å². The molecule has 1 aromatic rings. The van der Waals surface area contributed by atoms with E-state index in [2.05, 4.69) is 16.0 Å². The Balaban J connectivity index is 1.76. The highest BCUT2D eigenvalue weighted by Crippen LogP contribution is 2.22. The minimum Gasteiger partial charge on any atom is -0.378 e. The molecule has 1 atom stereocenters. The summed E-state index contributed by atoms with van der Waals surface area (Å²) in [4.78, 5) is 33.1. The average molecular weight is 292 g/mol. The van der Waals surface area contributed by atoms with Gasteiger partial charge in [-0.25, -0.2) is 0 Å². The molecule has 8 nitrogen and oxygen atoms in total. The Kier molecular flexibility index (Phi) is 4.70. The number of para-hydroxylation sites is 2. The topological polar surface area (TPSA) is 113 Å². The van der Waals surface area contributed by atoms with Crippen molar-refractivity contribution in [1.82, 2.24) is 10.6 Å². The summed E-state index contributed by atoms with van der Waals surface area (Å²) in [5.41, 5.74) is 0.406. The van der Waals surface area contributed by atoms with Gasteiger partial charge in [-0.1, -0.05) is 12.1 Å². The van der Waals surface area contributed by atoms with Crippen LogP contribution in [0.25, 0.3) is 0 Å². The number of amides is 2. The van der Waals surface area contributed by atoms with E-state index in [1.54, 1.807) is 18.2 Å². The summed E-state index contributed by atoms with van der Waals surface area (Å²) in [6.45, 7) is 1.06. The highest BCUT2D eigenvalue weighted by molar-refractivity contribution is 5.89. The van der Waals surface area contributed by atoms with Crippen LogP contribution in [0.2, 0.25) is 0 Å². The molecule has 2 rings (SSSR count). The van der Waals surface area contributed by atoms with Gasteiger partial charge >= 0.3 is 0 Å². The third-order valence-electron chi connectivity index (χ3n) is 3.19. The van der Waals surface area contributed by atoms with E-state index < -0.39 is 4.92 Å². The van der Waals surface area contributed by atoms with Gasteiger partial charge in [0.1, 0.15) is 5.69 Å². The molecular weight excluding hydrogens is 276 g/mol. The molecule has 1 heterocycles. The first-order chi connectivity index (χ1) is 10.1. The van der Waals surface area contributed by atoms with Crippen molar-refractivity contribution in [2.75, 3.05) is 25.0 Å². The van der Waals surface area contributed by atoms with E-state index >= 15 is 0 Å². The highest BCUT2D eigenvalue weighted by Gasteiger charge is 2.27. The van der Waals surface area contributed by atoms with Gasteiger partial charge in [0.05, 0.1) is 10.8 Å². The molecule has 0 aromatic heterocycles. The molecule has 0 saturated carbocycles. The smallest absolute Gasteiger partial charge is 0.292 e. The number of anilines is 1. The number of nitrogens with zero attached hydrogens (tertiary/aromatic N) is 1. The third kappa shape index (κ3) is 3.91. The molecule has 2 amide bonds. The maximum Gasteiger partial charge on any atom is 0.292 e. The molecular formula is C13H16N4O4. The fourth-order valence-electron chi connectivity index (χ4n) is 2.10. The first-order valence-corrected chi connectivity index (χ1v) is 6.59. The second-order valence-electron chi connectivity index (χ2n) is 4.70. The summed E-state index contributed by atoms with van der Waals surface area (Å²) < 4.78 is 0. The van der Waals surface area contributed by atoms with Crippen LogP contribution in [0.15, 0.2) is 24.3 Å². The lowest BCUT2D eigenvalue weighted by Crippen LogP contribution is -2.35. The number of carbonyl (C=O) groups excluding carboxylic acids is 2. The van der Waals surface area contributed by atoms with Crippen molar-refractivity contribution < 1.29 is 14.5 Å². The number of rotatable bonds is 6. The predicted octanol–water partition coefficient (Wildman–Crippen LogP) is 0.259. The number of nitro benzene ring substituents is 1. The van der Waals surface area contributed by atoms with Crippen LogP contribution in [0.4, 0.5) is 11.4 Å². The molecule has 1 aliphatic heterocycles. The summed E-state index contributed by atoms with van der Waals surface area (Å²) in [7, 11) is 0. The zero-order valence-corrected chi connectivity index (χ0v) is 11.3. The standard InChI is InChI=1S/C13H16N4O4/c18-12-7-9(8-16-12)13(19)15-6-5-14-10-3-1-2-4-11(10)17(20)21/h1-4,9,14H,5-8H2,(H,15,19)(H,16,18). The Bertz CT molecular complexity index is 561. The lowest BCUT2D eigenvalue weighted by atomic mass is 10.1. The van der Waals surface area contributed by atoms with Crippen molar-refractivity contribution >= 4 is 23.2 Å². The Labute approximate surface area is 121 Å². The fraction of sp³-hybridized carbons (Fsp3) is 0.385. The molecule has 1 saturated heterocycles. The Morgan fingerprint density at radius 2 is 2.14 bits per heavy atom. The third-order valence-corrected chi connectivity index (χ3v) is 3.19. The monoisotopic (exact) mass is 292 g/mol. The Hall–Kier alpha value is -2.64. The number of hydrogen-bond acceptors (Lipinski definition) is 5. The average Bonchev–Trinajstić information content (AvgIpc) is 2.90. The van der Waals surface area contributed by atoms with E-state index in [1.165, 1.54) is 6.07 Å². The molecule has 8 heteroatoms. The summed E-state index contributed by atoms with van der Waals surface area (Å²) >= 11 is 0. The Morgan fingerprint density at radius 1 is 1.38 bits per heavy atom. The van der Waals surface area contributed by atoms with Gasteiger partial charge in [-0.15, -0.1) is 0 Å². The van der Waals surface area contributed by atoms with Crippen molar-refractivity contribution in [2.24, 2.45) is 5.92 Å². The van der Waals surface area contributed by atoms with Crippen LogP contribution >= 0.6 is 0 Å². The Morgan fingerprint density at radius 3 is 2.81 bits per heavy atom. The molecule has 0 radical (unpaired) electrons. The zero-order chi connectivity index (χ0) is 15.2. The first kappa shape index (κ1) is 14.8. The molecule has 21 heavy (non-hydrogen) atoms. The molecule has 0 bridgehead atoms. The summed E-state index contributed by atoms with van der Waals surface area (Å²) in [6.07, 6.45) is 0.212. The second kappa shape index (κ2) is 6.69. The van der Waals surface area contributed by atoms with Crippen LogP contribution in [0.5, 0.6) is 0 Å². The van der Waals surface area contributed by atoms with E-state index in [0.717, 1.165) is 0 Å². The van der Waals surface area contributed by atoms with Gasteiger partial charge < -0.3 is 16.0 Å². The highest BCUT2D eigenvalue weighted by atomic mass is 16.6. The maximum absolute atomic E-state index is 11.7. The maximum atomic E-state index is 11.7. The van der Waals surface area contributed by atoms with Gasteiger partial charge in [-0.3, -0.25) is 19.7 Å². The SMILES string of the molecule is O=C1CC(C(=O)NCCNc2ccccc2[N+](=O)[O-])CN1. The van der Waals surface area contributed by atoms with Crippen molar-refractivity contribution in [3.63, 3.8) is 0 Å². The van der Waals surface area contributed by atoms with Crippen LogP contribution in [0.1, 0.15) is 6.42 Å². The molecule has 1 aromatic carbocycles. The quantitative estimate of drug-likeness (QED) is 0.395. The van der Waals surface area contributed by atoms with Crippen molar-refractivity contribution in [1.29, 1.82) is 0 Å². The van der Waals surface area contributed by atoms with Gasteiger partial charge in [0, 0.05) is 32.1 Å². The number of carbonyl (C=O) groups is 2. The molecule has 1 unspecified atom stereocenters. The number of nitrogens with one attached hydrogen (secondary N) is 3. The van der Waals surface area contributed by atoms with E-state index in [-0.39, 0.29) is 29.8 Å². The first-order valence-electron chi connectivity index (χ1n) is 6.59. The zero-order valence-electron chi connectivity index (χ0n) is 11.3. The number of hydrogen-bond donors (Lipinski definition) is 3. The molecule has 1 aliphatic rings. The van der Waals surface area contributed by atoms with Crippen molar-refractivity contribution in [2.45, 2.75) is 6.42 Å². The molecule has 0 aliphatic carbocycles. The molecule has 0 spiro atoms. The van der Waals surface area contributed by atoms with Crippen molar-refractivity contribution in [3.8, 4) is 0 Å². The van der Waals surface area contributed by atoms with Gasteiger partial charge in [0.25, 0.3) is 5.69 Å². The van der Waals surface area contributed by atoms with E-state index in [9.17, 15) is 19.7 Å². The lowest BCUT2D eigenvalue weighted by molar-refractivity contribution is -0.384. The molecule has 3 N–H and O–H groups in total. The van der Waals surface area contributed by atoms with E-state index in [1.807, 2.05) is 0 Å². The van der Waals surface area contributed by atoms with Crippen LogP contribution in [-0.4, -0.2) is 36.4 Å². The second-order valence-corrected chi connectivity index (χ2v) is 4.70. The fourth-order valence-corrected chi connectivity index (χ4v) is 2.10. The predicted molar refractivity (Wildman–Crippen MR) is 75.7 cm³/mol. The molecule has 1 fully saturated rings. The van der Waals surface area contributed by atoms with Gasteiger partial charge in [0.2, 0.25) is 11.8 Å². The van der Waals surface area contributed by atoms with Gasteiger partial charge in [-0.05, 0) is 6.07 Å². The van der Waals surface area contributed by atoms with Crippen LogP contribution in [0.3, 0.4) is 0 Å².